The van der Waals surface area contributed by atoms with Crippen LogP contribution in [-0.4, -0.2) is 59.9 Å². The third-order valence-electron chi connectivity index (χ3n) is 6.32. The van der Waals surface area contributed by atoms with Gasteiger partial charge >= 0.3 is 13.8 Å². The Morgan fingerprint density at radius 3 is 2.71 bits per heavy atom. The Balaban J connectivity index is 1.54. The molecule has 1 aromatic carbocycles. The van der Waals surface area contributed by atoms with Crippen molar-refractivity contribution in [2.24, 2.45) is 5.41 Å². The van der Waals surface area contributed by atoms with Crippen LogP contribution in [-0.2, 0) is 42.0 Å². The van der Waals surface area contributed by atoms with Crippen molar-refractivity contribution in [2.75, 3.05) is 13.2 Å². The number of ether oxygens (including phenoxy) is 2. The van der Waals surface area contributed by atoms with Crippen LogP contribution in [0.3, 0.4) is 0 Å². The van der Waals surface area contributed by atoms with Gasteiger partial charge in [0.15, 0.2) is 23.8 Å². The summed E-state index contributed by atoms with van der Waals surface area (Å²) in [6.45, 7) is 5.45. The van der Waals surface area contributed by atoms with Gasteiger partial charge in [0.05, 0.1) is 31.2 Å². The van der Waals surface area contributed by atoms with Gasteiger partial charge in [0.1, 0.15) is 6.10 Å². The molecule has 0 bridgehead atoms. The first-order valence-corrected chi connectivity index (χ1v) is 13.9. The predicted octanol–water partition coefficient (Wildman–Crippen LogP) is 4.67. The van der Waals surface area contributed by atoms with Crippen LogP contribution in [0.15, 0.2) is 36.5 Å². The van der Waals surface area contributed by atoms with Crippen LogP contribution in [0.4, 0.5) is 4.39 Å². The number of carbonyl (C=O) groups excluding carboxylic acids is 3. The Morgan fingerprint density at radius 1 is 1.32 bits per heavy atom. The number of phosphoric ester groups is 1. The van der Waals surface area contributed by atoms with Crippen LogP contribution in [0.2, 0.25) is 5.02 Å². The topological polar surface area (TPSA) is 118 Å². The number of rotatable bonds is 6. The molecule has 208 valence electrons. The molecule has 0 spiro atoms. The number of phosphoric acid groups is 1. The van der Waals surface area contributed by atoms with Crippen molar-refractivity contribution in [3.05, 3.63) is 47.1 Å². The molecule has 2 fully saturated rings. The summed E-state index contributed by atoms with van der Waals surface area (Å²) in [4.78, 5) is 37.8. The van der Waals surface area contributed by atoms with Crippen LogP contribution in [0, 0.1) is 5.41 Å². The zero-order valence-electron chi connectivity index (χ0n) is 21.4. The van der Waals surface area contributed by atoms with E-state index in [2.05, 4.69) is 0 Å². The van der Waals surface area contributed by atoms with E-state index in [9.17, 15) is 18.9 Å². The van der Waals surface area contributed by atoms with Crippen LogP contribution >= 0.6 is 19.4 Å². The van der Waals surface area contributed by atoms with Gasteiger partial charge in [0.2, 0.25) is 5.91 Å². The second-order valence-corrected chi connectivity index (χ2v) is 12.6. The minimum Gasteiger partial charge on any atom is -0.455 e. The largest absolute Gasteiger partial charge is 0.475 e. The molecule has 0 unspecified atom stereocenters. The highest BCUT2D eigenvalue weighted by molar-refractivity contribution is 7.48. The lowest BCUT2D eigenvalue weighted by Crippen LogP contribution is -2.53. The zero-order chi connectivity index (χ0) is 27.9. The molecule has 1 aromatic rings. The smallest absolute Gasteiger partial charge is 0.455 e. The summed E-state index contributed by atoms with van der Waals surface area (Å²) in [6.07, 6.45) is -2.79. The van der Waals surface area contributed by atoms with Crippen molar-refractivity contribution in [1.82, 2.24) is 4.90 Å². The Labute approximate surface area is 224 Å². The molecule has 1 amide bonds. The van der Waals surface area contributed by atoms with Gasteiger partial charge in [0, 0.05) is 17.6 Å². The standard InChI is InChI=1S/C25H30ClFNO9P/c1-24(2,3)23(31)36-21-19(35-22(25(21,4)27)28-10-8-17(29)13-20(28)30)14-34-38(32)33-11-9-18(37-38)15-6-5-7-16(26)12-15/h5-8,10,12,18-19,21-22H,9,11,13-14H2,1-4H3/t18-,19+,21+,22+,25+,38+/m0/s1. The van der Waals surface area contributed by atoms with Crippen LogP contribution in [0.25, 0.3) is 0 Å². The Hall–Kier alpha value is -2.14. The summed E-state index contributed by atoms with van der Waals surface area (Å²) in [7, 11) is -4.14. The highest BCUT2D eigenvalue weighted by Crippen LogP contribution is 2.57. The molecule has 4 rings (SSSR count). The maximum absolute atomic E-state index is 16.3. The summed E-state index contributed by atoms with van der Waals surface area (Å²) < 4.78 is 57.4. The van der Waals surface area contributed by atoms with Gasteiger partial charge in [-0.15, -0.1) is 0 Å². The summed E-state index contributed by atoms with van der Waals surface area (Å²) in [5.74, 6) is -1.82. The molecule has 0 aromatic heterocycles. The minimum atomic E-state index is -4.14. The van der Waals surface area contributed by atoms with Crippen LogP contribution in [0.5, 0.6) is 0 Å². The fraction of sp³-hybridized carbons (Fsp3) is 0.560. The molecule has 0 saturated carbocycles. The van der Waals surface area contributed by atoms with E-state index in [1.54, 1.807) is 45.0 Å². The molecule has 10 nitrogen and oxygen atoms in total. The average molecular weight is 574 g/mol. The van der Waals surface area contributed by atoms with Crippen molar-refractivity contribution < 1.29 is 46.4 Å². The number of esters is 1. The number of alkyl halides is 1. The second-order valence-electron chi connectivity index (χ2n) is 10.5. The monoisotopic (exact) mass is 573 g/mol. The van der Waals surface area contributed by atoms with Crippen molar-refractivity contribution in [3.8, 4) is 0 Å². The average Bonchev–Trinajstić information content (AvgIpc) is 3.07. The molecule has 13 heteroatoms. The molecular weight excluding hydrogens is 544 g/mol. The Bertz CT molecular complexity index is 1180. The molecule has 6 atom stereocenters. The highest BCUT2D eigenvalue weighted by Gasteiger charge is 2.60. The summed E-state index contributed by atoms with van der Waals surface area (Å²) in [5, 5.41) is 0.479. The van der Waals surface area contributed by atoms with Gasteiger partial charge in [-0.05, 0) is 51.5 Å². The van der Waals surface area contributed by atoms with Gasteiger partial charge in [-0.2, -0.15) is 0 Å². The quantitative estimate of drug-likeness (QED) is 0.272. The molecule has 2 saturated heterocycles. The molecule has 0 aliphatic carbocycles. The lowest BCUT2D eigenvalue weighted by atomic mass is 9.94. The molecule has 3 aliphatic rings. The van der Waals surface area contributed by atoms with E-state index in [-0.39, 0.29) is 6.61 Å². The Morgan fingerprint density at radius 2 is 2.05 bits per heavy atom. The fourth-order valence-electron chi connectivity index (χ4n) is 4.25. The third-order valence-corrected chi connectivity index (χ3v) is 8.03. The molecule has 0 radical (unpaired) electrons. The highest BCUT2D eigenvalue weighted by atomic mass is 35.5. The number of allylic oxidation sites excluding steroid dienone is 1. The second kappa shape index (κ2) is 10.8. The van der Waals surface area contributed by atoms with Gasteiger partial charge in [0.25, 0.3) is 0 Å². The number of halogens is 2. The zero-order valence-corrected chi connectivity index (χ0v) is 23.1. The van der Waals surface area contributed by atoms with Gasteiger partial charge in [-0.3, -0.25) is 32.9 Å². The van der Waals surface area contributed by atoms with Gasteiger partial charge in [-0.25, -0.2) is 8.96 Å². The number of nitrogens with zero attached hydrogens (tertiary/aromatic N) is 1. The first kappa shape index (κ1) is 28.9. The number of carbonyl (C=O) groups is 3. The Kier molecular flexibility index (Phi) is 8.19. The van der Waals surface area contributed by atoms with E-state index in [1.165, 1.54) is 0 Å². The molecule has 38 heavy (non-hydrogen) atoms. The number of ketones is 1. The summed E-state index contributed by atoms with van der Waals surface area (Å²) in [5.41, 5.74) is -2.71. The van der Waals surface area contributed by atoms with Crippen molar-refractivity contribution >= 4 is 37.1 Å². The number of benzene rings is 1. The molecule has 3 aliphatic heterocycles. The lowest BCUT2D eigenvalue weighted by molar-refractivity contribution is -0.168. The van der Waals surface area contributed by atoms with E-state index >= 15 is 4.39 Å². The van der Waals surface area contributed by atoms with Crippen molar-refractivity contribution in [1.29, 1.82) is 0 Å². The summed E-state index contributed by atoms with van der Waals surface area (Å²) >= 11 is 6.06. The van der Waals surface area contributed by atoms with Gasteiger partial charge < -0.3 is 9.47 Å². The number of hydrogen-bond acceptors (Lipinski definition) is 9. The van der Waals surface area contributed by atoms with E-state index < -0.39 is 74.1 Å². The van der Waals surface area contributed by atoms with Crippen LogP contribution in [0.1, 0.15) is 52.2 Å². The van der Waals surface area contributed by atoms with E-state index in [0.717, 1.165) is 24.1 Å². The number of hydrogen-bond donors (Lipinski definition) is 0. The summed E-state index contributed by atoms with van der Waals surface area (Å²) in [6, 6.07) is 6.87. The number of amides is 1. The predicted molar refractivity (Wildman–Crippen MR) is 133 cm³/mol. The molecule has 3 heterocycles. The fourth-order valence-corrected chi connectivity index (χ4v) is 5.85. The SMILES string of the molecule is CC(C)(C)C(=O)O[C@@H]1[C@@H](CO[P@@]2(=O)OCC[C@@H](c3cccc(Cl)c3)O2)O[C@@H](N2C=CC(=O)CC2=O)[C@]1(C)F. The van der Waals surface area contributed by atoms with Crippen molar-refractivity contribution in [3.63, 3.8) is 0 Å². The first-order valence-electron chi connectivity index (χ1n) is 12.1. The minimum absolute atomic E-state index is 0.0625. The maximum atomic E-state index is 16.3. The maximum Gasteiger partial charge on any atom is 0.475 e. The van der Waals surface area contributed by atoms with E-state index in [1.807, 2.05) is 0 Å². The third kappa shape index (κ3) is 6.19. The normalized spacial score (nSPS) is 34.0. The van der Waals surface area contributed by atoms with Crippen molar-refractivity contribution in [2.45, 2.75) is 70.7 Å². The van der Waals surface area contributed by atoms with Crippen LogP contribution < -0.4 is 0 Å². The first-order chi connectivity index (χ1) is 17.7. The molecule has 0 N–H and O–H groups in total. The van der Waals surface area contributed by atoms with E-state index in [4.69, 9.17) is 34.6 Å². The molecular formula is C25H30ClFNO9P. The van der Waals surface area contributed by atoms with Gasteiger partial charge in [-0.1, -0.05) is 23.7 Å². The lowest BCUT2D eigenvalue weighted by Gasteiger charge is -2.34. The van der Waals surface area contributed by atoms with E-state index in [0.29, 0.717) is 17.0 Å².